The minimum atomic E-state index is -0.833. The van der Waals surface area contributed by atoms with Gasteiger partial charge < -0.3 is 47.8 Å². The maximum atomic E-state index is 12.1. The highest BCUT2D eigenvalue weighted by Gasteiger charge is 2.13. The van der Waals surface area contributed by atoms with E-state index in [-0.39, 0.29) is 17.1 Å². The molecule has 2 amide bonds. The summed E-state index contributed by atoms with van der Waals surface area (Å²) in [5.74, 6) is -0.103. The number of halogens is 2. The lowest BCUT2D eigenvalue weighted by Gasteiger charge is -2.28. The Morgan fingerprint density at radius 1 is 0.704 bits per heavy atom. The number of nitrogens with two attached hydrogens (primary N) is 2. The van der Waals surface area contributed by atoms with Crippen LogP contribution in [-0.2, 0) is 4.79 Å². The number of amides is 2. The number of aliphatic carboxylic acids is 1. The lowest BCUT2D eigenvalue weighted by atomic mass is 10.1. The summed E-state index contributed by atoms with van der Waals surface area (Å²) in [4.78, 5) is 65.3. The molecule has 21 heteroatoms. The first-order valence-corrected chi connectivity index (χ1v) is 23.0. The monoisotopic (exact) mass is 1010 g/mol. The van der Waals surface area contributed by atoms with Crippen molar-refractivity contribution in [3.63, 3.8) is 0 Å². The standard InChI is InChI=1S/C20H19N7O.C8H10N2O.C8H19N.C7H7N3.C5H4Cl2N2.C2H4O2/c1-12-10-24-20(25-14-9-13-7-8-22-18(13)23-11-14)27-17(12)26-16-6-4-3-5-15(16)19(28)21-2;1-10-8(11)6-4-2-3-5-7(6)9;1-6-9(7(2)3)8(4)5;8-6-3-5-1-2-9-7(5)10-4-6;1-3-2-8-5(7)9-4(3)6;1-2(3)4/h3-11H,1-2H3,(H,21,28)(H,22,23)(H2,24,25,26,27);2-5H,9H2,1H3,(H,10,11);7-8H,6H2,1-5H3;1-4H,8H2,(H,9,10);2H,1H3;1H3,(H,3,4). The predicted octanol–water partition coefficient (Wildman–Crippen LogP) is 9.59. The molecule has 0 unspecified atom stereocenters. The van der Waals surface area contributed by atoms with E-state index in [1.165, 1.54) is 0 Å². The summed E-state index contributed by atoms with van der Waals surface area (Å²) in [5.41, 5.74) is 18.2. The van der Waals surface area contributed by atoms with E-state index in [4.69, 9.17) is 44.6 Å². The Kier molecular flexibility index (Phi) is 23.6. The molecule has 0 radical (unpaired) electrons. The zero-order valence-electron chi connectivity index (χ0n) is 41.5. The second-order valence-electron chi connectivity index (χ2n) is 15.7. The lowest BCUT2D eigenvalue weighted by Crippen LogP contribution is -2.36. The molecule has 0 aliphatic rings. The summed E-state index contributed by atoms with van der Waals surface area (Å²) in [6, 6.07) is 23.4. The Labute approximate surface area is 423 Å². The van der Waals surface area contributed by atoms with Crippen LogP contribution in [0.3, 0.4) is 0 Å². The minimum Gasteiger partial charge on any atom is -0.481 e. The molecule has 0 spiro atoms. The number of carbonyl (C=O) groups excluding carboxylic acids is 2. The molecule has 19 nitrogen and oxygen atoms in total. The van der Waals surface area contributed by atoms with E-state index < -0.39 is 5.97 Å². The van der Waals surface area contributed by atoms with Gasteiger partial charge in [0, 0.05) is 85.5 Å². The highest BCUT2D eigenvalue weighted by atomic mass is 35.5. The van der Waals surface area contributed by atoms with Crippen LogP contribution in [0.4, 0.5) is 34.5 Å². The molecule has 0 aliphatic heterocycles. The Morgan fingerprint density at radius 3 is 1.77 bits per heavy atom. The number of hydrogen-bond acceptors (Lipinski definition) is 14. The number of nitrogens with zero attached hydrogens (tertiary/aromatic N) is 7. The Bertz CT molecular complexity index is 2930. The van der Waals surface area contributed by atoms with Crippen molar-refractivity contribution < 1.29 is 19.5 Å². The fourth-order valence-corrected chi connectivity index (χ4v) is 6.65. The zero-order valence-corrected chi connectivity index (χ0v) is 43.0. The first kappa shape index (κ1) is 57.4. The highest BCUT2D eigenvalue weighted by molar-refractivity contribution is 6.32. The third kappa shape index (κ3) is 19.2. The van der Waals surface area contributed by atoms with Crippen LogP contribution in [0.1, 0.15) is 73.4 Å². The molecule has 0 saturated carbocycles. The van der Waals surface area contributed by atoms with Crippen LogP contribution >= 0.6 is 23.2 Å². The van der Waals surface area contributed by atoms with Gasteiger partial charge in [-0.15, -0.1) is 0 Å². The van der Waals surface area contributed by atoms with Crippen molar-refractivity contribution in [1.82, 2.24) is 55.4 Å². The second kappa shape index (κ2) is 29.2. The fourth-order valence-electron chi connectivity index (χ4n) is 6.34. The third-order valence-electron chi connectivity index (χ3n) is 9.71. The minimum absolute atomic E-state index is 0.150. The van der Waals surface area contributed by atoms with Gasteiger partial charge in [-0.3, -0.25) is 19.3 Å². The predicted molar refractivity (Wildman–Crippen MR) is 287 cm³/mol. The number of nitrogens with one attached hydrogen (secondary N) is 6. The van der Waals surface area contributed by atoms with Crippen molar-refractivity contribution in [3.8, 4) is 0 Å². The summed E-state index contributed by atoms with van der Waals surface area (Å²) in [6.45, 7) is 17.1. The Balaban J connectivity index is 0.000000256. The smallest absolute Gasteiger partial charge is 0.300 e. The number of aryl methyl sites for hydroxylation is 2. The van der Waals surface area contributed by atoms with Crippen molar-refractivity contribution in [2.24, 2.45) is 0 Å². The number of H-pyrrole nitrogens is 2. The number of nitrogen functional groups attached to an aromatic ring is 2. The van der Waals surface area contributed by atoms with E-state index in [1.807, 2.05) is 68.7 Å². The summed E-state index contributed by atoms with van der Waals surface area (Å²) < 4.78 is 0. The summed E-state index contributed by atoms with van der Waals surface area (Å²) in [5, 5.41) is 21.6. The van der Waals surface area contributed by atoms with Gasteiger partial charge in [-0.05, 0) is 108 Å². The Morgan fingerprint density at radius 2 is 1.24 bits per heavy atom. The maximum Gasteiger partial charge on any atom is 0.300 e. The molecule has 0 bridgehead atoms. The number of aromatic amines is 2. The van der Waals surface area contributed by atoms with E-state index in [0.717, 1.165) is 52.3 Å². The molecular weight excluding hydrogens is 946 g/mol. The van der Waals surface area contributed by atoms with E-state index >= 15 is 0 Å². The van der Waals surface area contributed by atoms with Crippen LogP contribution < -0.4 is 32.7 Å². The number of benzene rings is 2. The first-order valence-electron chi connectivity index (χ1n) is 22.2. The molecule has 6 heterocycles. The van der Waals surface area contributed by atoms with Crippen molar-refractivity contribution in [2.75, 3.05) is 42.7 Å². The molecule has 0 aliphatic carbocycles. The molecule has 376 valence electrons. The SMILES string of the molecule is CC(=O)O.CCN(C(C)C)C(C)C.CNC(=O)c1ccccc1N.CNC(=O)c1ccccc1Nc1nc(Nc2cnc3[nH]ccc3c2)ncc1C.Cc1cnc(Cl)nc1Cl.Nc1cnc2[nH]ccc2c1. The van der Waals surface area contributed by atoms with E-state index in [2.05, 4.69) is 101 Å². The van der Waals surface area contributed by atoms with Crippen LogP contribution in [0.15, 0.2) is 110 Å². The van der Waals surface area contributed by atoms with Crippen molar-refractivity contribution in [3.05, 3.63) is 143 Å². The number of para-hydroxylation sites is 2. The first-order chi connectivity index (χ1) is 33.8. The van der Waals surface area contributed by atoms with Gasteiger partial charge in [0.1, 0.15) is 22.3 Å². The van der Waals surface area contributed by atoms with E-state index in [1.54, 1.807) is 69.2 Å². The lowest BCUT2D eigenvalue weighted by molar-refractivity contribution is -0.134. The number of carbonyl (C=O) groups is 3. The molecule has 6 aromatic heterocycles. The van der Waals surface area contributed by atoms with Gasteiger partial charge in [0.05, 0.1) is 40.6 Å². The largest absolute Gasteiger partial charge is 0.481 e. The van der Waals surface area contributed by atoms with Crippen molar-refractivity contribution in [2.45, 2.75) is 67.5 Å². The number of pyridine rings is 2. The molecule has 2 aromatic carbocycles. The number of carboxylic acid groups (broad SMARTS) is 1. The maximum absolute atomic E-state index is 12.1. The molecule has 0 atom stereocenters. The number of aromatic nitrogens is 8. The van der Waals surface area contributed by atoms with Crippen LogP contribution in [-0.4, -0.2) is 100 Å². The van der Waals surface area contributed by atoms with Crippen LogP contribution in [0.25, 0.3) is 22.1 Å². The zero-order chi connectivity index (χ0) is 52.6. The van der Waals surface area contributed by atoms with E-state index in [9.17, 15) is 9.59 Å². The van der Waals surface area contributed by atoms with Gasteiger partial charge in [0.25, 0.3) is 17.8 Å². The highest BCUT2D eigenvalue weighted by Crippen LogP contribution is 2.24. The van der Waals surface area contributed by atoms with Crippen LogP contribution in [0.2, 0.25) is 10.4 Å². The number of anilines is 6. The van der Waals surface area contributed by atoms with Gasteiger partial charge >= 0.3 is 0 Å². The summed E-state index contributed by atoms with van der Waals surface area (Å²) in [7, 11) is 3.18. The van der Waals surface area contributed by atoms with E-state index in [0.29, 0.717) is 57.2 Å². The quantitative estimate of drug-likeness (QED) is 0.0370. The number of fused-ring (bicyclic) bond motifs is 2. The van der Waals surface area contributed by atoms with Crippen molar-refractivity contribution >= 4 is 97.6 Å². The second-order valence-corrected chi connectivity index (χ2v) is 16.4. The Hall–Kier alpha value is -7.87. The number of carboxylic acids is 1. The van der Waals surface area contributed by atoms with Crippen molar-refractivity contribution in [1.29, 1.82) is 0 Å². The number of rotatable bonds is 9. The molecule has 11 N–H and O–H groups in total. The molecule has 8 aromatic rings. The average molecular weight is 1010 g/mol. The van der Waals surface area contributed by atoms with Crippen LogP contribution in [0, 0.1) is 13.8 Å². The van der Waals surface area contributed by atoms with Gasteiger partial charge in [0.15, 0.2) is 0 Å². The summed E-state index contributed by atoms with van der Waals surface area (Å²) in [6.07, 6.45) is 10.3. The normalized spacial score (nSPS) is 10.2. The summed E-state index contributed by atoms with van der Waals surface area (Å²) >= 11 is 11.0. The molecular formula is C50H63Cl2N15O4. The van der Waals surface area contributed by atoms with Gasteiger partial charge in [0.2, 0.25) is 11.2 Å². The van der Waals surface area contributed by atoms with Gasteiger partial charge in [-0.25, -0.2) is 24.9 Å². The van der Waals surface area contributed by atoms with Gasteiger partial charge in [-0.1, -0.05) is 42.8 Å². The number of hydrogen-bond donors (Lipinski definition) is 9. The molecule has 71 heavy (non-hydrogen) atoms. The molecule has 8 rings (SSSR count). The van der Waals surface area contributed by atoms with Gasteiger partial charge in [-0.2, -0.15) is 4.98 Å². The third-order valence-corrected chi connectivity index (χ3v) is 10.3. The average Bonchev–Trinajstić information content (AvgIpc) is 4.01. The van der Waals surface area contributed by atoms with Crippen LogP contribution in [0.5, 0.6) is 0 Å². The fraction of sp³-hybridized carbons (Fsp3) is 0.260. The molecule has 0 saturated heterocycles. The molecule has 0 fully saturated rings. The topological polar surface area (TPSA) is 284 Å².